The molecule has 0 amide bonds. The second-order valence-electron chi connectivity index (χ2n) is 5.97. The van der Waals surface area contributed by atoms with E-state index in [0.717, 1.165) is 14.7 Å². The van der Waals surface area contributed by atoms with Crippen LogP contribution in [-0.4, -0.2) is 11.9 Å². The van der Waals surface area contributed by atoms with Crippen molar-refractivity contribution in [2.75, 3.05) is 0 Å². The molecule has 3 aromatic rings. The van der Waals surface area contributed by atoms with E-state index in [-0.39, 0.29) is 0 Å². The molecule has 0 N–H and O–H groups in total. The maximum atomic E-state index is 12.5. The molecule has 0 fully saturated rings. The van der Waals surface area contributed by atoms with Gasteiger partial charge in [0.2, 0.25) is 0 Å². The van der Waals surface area contributed by atoms with Crippen molar-refractivity contribution in [2.45, 2.75) is 13.8 Å². The van der Waals surface area contributed by atoms with Gasteiger partial charge in [0, 0.05) is 0 Å². The monoisotopic (exact) mass is 474 g/mol. The van der Waals surface area contributed by atoms with Crippen molar-refractivity contribution in [1.82, 2.24) is 0 Å². The Kier molecular flexibility index (Phi) is 6.24. The van der Waals surface area contributed by atoms with Crippen LogP contribution in [0.1, 0.15) is 31.8 Å². The van der Waals surface area contributed by atoms with Crippen molar-refractivity contribution in [3.8, 4) is 0 Å². The van der Waals surface area contributed by atoms with E-state index in [1.807, 2.05) is 68.4 Å². The minimum absolute atomic E-state index is 0.435. The van der Waals surface area contributed by atoms with Crippen molar-refractivity contribution < 1.29 is 15.7 Å². The molecule has 27 heavy (non-hydrogen) atoms. The summed E-state index contributed by atoms with van der Waals surface area (Å²) in [6.07, 6.45) is 0. The van der Waals surface area contributed by atoms with Gasteiger partial charge in [-0.05, 0) is 0 Å². The van der Waals surface area contributed by atoms with Gasteiger partial charge in [-0.15, -0.1) is 0 Å². The van der Waals surface area contributed by atoms with Gasteiger partial charge in [0.1, 0.15) is 0 Å². The molecule has 138 valence electrons. The third-order valence-corrected chi connectivity index (χ3v) is 7.10. The number of carbonyl (C=O) groups excluding carboxylic acids is 2. The Labute approximate surface area is 166 Å². The van der Waals surface area contributed by atoms with Crippen LogP contribution < -0.4 is 0 Å². The van der Waals surface area contributed by atoms with Crippen molar-refractivity contribution in [1.29, 1.82) is 0 Å². The number of hydrogen-bond acceptors (Lipinski definition) is 4. The van der Waals surface area contributed by atoms with Crippen molar-refractivity contribution in [3.63, 3.8) is 0 Å². The third-order valence-electron chi connectivity index (χ3n) is 3.77. The Bertz CT molecular complexity index is 859. The Morgan fingerprint density at radius 3 is 1.44 bits per heavy atom. The van der Waals surface area contributed by atoms with E-state index < -0.39 is 32.6 Å². The van der Waals surface area contributed by atoms with Crippen LogP contribution in [0.2, 0.25) is 0 Å². The Morgan fingerprint density at radius 2 is 1.04 bits per heavy atom. The van der Waals surface area contributed by atoms with Crippen molar-refractivity contribution in [3.05, 3.63) is 105 Å². The topological polar surface area (TPSA) is 52.6 Å². The summed E-state index contributed by atoms with van der Waals surface area (Å²) in [4.78, 5) is 25.1. The molecule has 0 heterocycles. The molecule has 3 aromatic carbocycles. The number of aryl methyl sites for hydroxylation is 2. The minimum atomic E-state index is -2.98. The zero-order chi connectivity index (χ0) is 19.2. The number of carbonyl (C=O) groups is 2. The van der Waals surface area contributed by atoms with Gasteiger partial charge < -0.3 is 0 Å². The van der Waals surface area contributed by atoms with Gasteiger partial charge in [-0.3, -0.25) is 0 Å². The van der Waals surface area contributed by atoms with Crippen LogP contribution in [0.25, 0.3) is 0 Å². The van der Waals surface area contributed by atoms with Gasteiger partial charge in [0.15, 0.2) is 0 Å². The Hall–Kier alpha value is -2.67. The summed E-state index contributed by atoms with van der Waals surface area (Å²) >= 11 is -2.98. The standard InChI is InChI=1S/C22H19IO4/c1-16-8-12-18(13-9-16)21(24)26-23(20-6-4-3-5-7-20)27-22(25)19-14-10-17(2)11-15-19/h3-15H,1-2H3. The first kappa shape index (κ1) is 19.1. The number of halogens is 1. The molecule has 4 nitrogen and oxygen atoms in total. The molecule has 0 aliphatic rings. The maximum absolute atomic E-state index is 12.5. The summed E-state index contributed by atoms with van der Waals surface area (Å²) in [7, 11) is 0. The van der Waals surface area contributed by atoms with E-state index in [4.69, 9.17) is 6.13 Å². The zero-order valence-electron chi connectivity index (χ0n) is 15.0. The van der Waals surface area contributed by atoms with E-state index in [2.05, 4.69) is 0 Å². The van der Waals surface area contributed by atoms with Crippen LogP contribution in [0.4, 0.5) is 0 Å². The predicted octanol–water partition coefficient (Wildman–Crippen LogP) is 5.52. The molecule has 0 aromatic heterocycles. The Morgan fingerprint density at radius 1 is 0.630 bits per heavy atom. The molecule has 0 saturated heterocycles. The summed E-state index contributed by atoms with van der Waals surface area (Å²) in [5.41, 5.74) is 2.97. The van der Waals surface area contributed by atoms with Gasteiger partial charge in [0.25, 0.3) is 0 Å². The average molecular weight is 474 g/mol. The molecule has 3 rings (SSSR count). The van der Waals surface area contributed by atoms with Crippen molar-refractivity contribution in [2.24, 2.45) is 0 Å². The van der Waals surface area contributed by atoms with E-state index in [9.17, 15) is 9.59 Å². The van der Waals surface area contributed by atoms with Gasteiger partial charge in [-0.25, -0.2) is 0 Å². The summed E-state index contributed by atoms with van der Waals surface area (Å²) in [6, 6.07) is 23.4. The number of benzene rings is 3. The first-order chi connectivity index (χ1) is 13.0. The van der Waals surface area contributed by atoms with Gasteiger partial charge >= 0.3 is 167 Å². The second kappa shape index (κ2) is 8.81. The summed E-state index contributed by atoms with van der Waals surface area (Å²) < 4.78 is 12.0. The molecule has 0 aliphatic heterocycles. The van der Waals surface area contributed by atoms with E-state index in [1.165, 1.54) is 0 Å². The SMILES string of the molecule is Cc1ccc(C(=O)OI(OC(=O)c2ccc(C)cc2)c2ccccc2)cc1. The normalized spacial score (nSPS) is 10.8. The molecule has 0 bridgehead atoms. The first-order valence-electron chi connectivity index (χ1n) is 8.37. The van der Waals surface area contributed by atoms with Crippen molar-refractivity contribution >= 4 is 32.6 Å². The van der Waals surface area contributed by atoms with Crippen LogP contribution in [0, 0.1) is 17.4 Å². The molecule has 0 atom stereocenters. The van der Waals surface area contributed by atoms with Gasteiger partial charge in [-0.2, -0.15) is 0 Å². The van der Waals surface area contributed by atoms with E-state index in [0.29, 0.717) is 11.1 Å². The number of hydrogen-bond donors (Lipinski definition) is 0. The molecule has 0 spiro atoms. The molecule has 0 radical (unpaired) electrons. The average Bonchev–Trinajstić information content (AvgIpc) is 2.69. The van der Waals surface area contributed by atoms with Gasteiger partial charge in [-0.1, -0.05) is 0 Å². The first-order valence-corrected chi connectivity index (χ1v) is 11.2. The van der Waals surface area contributed by atoms with E-state index >= 15 is 0 Å². The second-order valence-corrected chi connectivity index (χ2v) is 9.34. The number of rotatable bonds is 5. The van der Waals surface area contributed by atoms with Crippen LogP contribution in [0.5, 0.6) is 0 Å². The third kappa shape index (κ3) is 5.17. The fourth-order valence-corrected chi connectivity index (χ4v) is 5.05. The quantitative estimate of drug-likeness (QED) is 0.457. The van der Waals surface area contributed by atoms with Crippen LogP contribution >= 0.6 is 20.6 Å². The fourth-order valence-electron chi connectivity index (χ4n) is 2.22. The molecule has 0 unspecified atom stereocenters. The van der Waals surface area contributed by atoms with E-state index in [1.54, 1.807) is 24.3 Å². The van der Waals surface area contributed by atoms with Crippen LogP contribution in [0.3, 0.4) is 0 Å². The van der Waals surface area contributed by atoms with Gasteiger partial charge in [0.05, 0.1) is 0 Å². The molecule has 0 aliphatic carbocycles. The summed E-state index contributed by atoms with van der Waals surface area (Å²) in [6.45, 7) is 3.89. The fraction of sp³-hybridized carbons (Fsp3) is 0.0909. The molecule has 5 heteroatoms. The summed E-state index contributed by atoms with van der Waals surface area (Å²) in [5, 5.41) is 0. The zero-order valence-corrected chi connectivity index (χ0v) is 17.2. The predicted molar refractivity (Wildman–Crippen MR) is 112 cm³/mol. The van der Waals surface area contributed by atoms with Crippen LogP contribution in [-0.2, 0) is 6.13 Å². The van der Waals surface area contributed by atoms with Crippen LogP contribution in [0.15, 0.2) is 78.9 Å². The molecular formula is C22H19IO4. The molecule has 0 saturated carbocycles. The summed E-state index contributed by atoms with van der Waals surface area (Å²) in [5.74, 6) is -0.971. The Balaban J connectivity index is 1.81. The molecular weight excluding hydrogens is 455 g/mol.